The van der Waals surface area contributed by atoms with Crippen LogP contribution in [0.25, 0.3) is 0 Å². The molecule has 4 heteroatoms. The molecule has 0 amide bonds. The molecule has 1 atom stereocenters. The molecule has 2 rings (SSSR count). The van der Waals surface area contributed by atoms with Gasteiger partial charge in [-0.1, -0.05) is 58.3 Å². The molecule has 2 saturated carbocycles. The van der Waals surface area contributed by atoms with Crippen molar-refractivity contribution < 1.29 is 15.2 Å². The summed E-state index contributed by atoms with van der Waals surface area (Å²) in [6.45, 7) is 2.17. The molecule has 0 aromatic rings. The SMILES string of the molecule is C1CCC([NH2+]C2CCCCC2)CC1.CCCCCCCC[C@H](N)C(=O)[O-]. The molecule has 0 bridgehead atoms. The number of carboxylic acid groups (broad SMARTS) is 1. The molecule has 0 saturated heterocycles. The van der Waals surface area contributed by atoms with Gasteiger partial charge in [-0.2, -0.15) is 0 Å². The Bertz CT molecular complexity index is 321. The van der Waals surface area contributed by atoms with Gasteiger partial charge in [0, 0.05) is 6.04 Å². The van der Waals surface area contributed by atoms with Crippen molar-refractivity contribution in [2.24, 2.45) is 5.73 Å². The summed E-state index contributed by atoms with van der Waals surface area (Å²) < 4.78 is 0. The fourth-order valence-electron chi connectivity index (χ4n) is 4.30. The lowest BCUT2D eigenvalue weighted by Crippen LogP contribution is -2.95. The van der Waals surface area contributed by atoms with E-state index in [4.69, 9.17) is 5.73 Å². The second-order valence-corrected chi connectivity index (χ2v) is 8.47. The predicted molar refractivity (Wildman–Crippen MR) is 107 cm³/mol. The van der Waals surface area contributed by atoms with Gasteiger partial charge in [-0.05, 0) is 57.8 Å². The molecule has 0 unspecified atom stereocenters. The summed E-state index contributed by atoms with van der Waals surface area (Å²) in [7, 11) is 0. The number of hydrogen-bond donors (Lipinski definition) is 2. The van der Waals surface area contributed by atoms with E-state index >= 15 is 0 Å². The van der Waals surface area contributed by atoms with Crippen LogP contribution in [0.4, 0.5) is 0 Å². The molecule has 4 N–H and O–H groups in total. The zero-order valence-corrected chi connectivity index (χ0v) is 17.2. The van der Waals surface area contributed by atoms with E-state index in [0.29, 0.717) is 6.42 Å². The fraction of sp³-hybridized carbons (Fsp3) is 0.955. The number of quaternary nitrogens is 1. The molecule has 26 heavy (non-hydrogen) atoms. The van der Waals surface area contributed by atoms with Crippen LogP contribution < -0.4 is 16.2 Å². The fourth-order valence-corrected chi connectivity index (χ4v) is 4.30. The summed E-state index contributed by atoms with van der Waals surface area (Å²) in [5, 5.41) is 12.9. The maximum atomic E-state index is 10.2. The molecule has 0 aromatic heterocycles. The van der Waals surface area contributed by atoms with Crippen LogP contribution in [-0.2, 0) is 4.79 Å². The van der Waals surface area contributed by atoms with Crippen LogP contribution in [-0.4, -0.2) is 24.1 Å². The summed E-state index contributed by atoms with van der Waals surface area (Å²) >= 11 is 0. The zero-order chi connectivity index (χ0) is 19.0. The highest BCUT2D eigenvalue weighted by Crippen LogP contribution is 2.18. The van der Waals surface area contributed by atoms with E-state index in [9.17, 15) is 9.90 Å². The Balaban J connectivity index is 0.000000260. The third-order valence-corrected chi connectivity index (χ3v) is 6.02. The quantitative estimate of drug-likeness (QED) is 0.581. The highest BCUT2D eigenvalue weighted by Gasteiger charge is 2.22. The first kappa shape index (κ1) is 23.4. The van der Waals surface area contributed by atoms with E-state index in [1.54, 1.807) is 0 Å². The lowest BCUT2D eigenvalue weighted by atomic mass is 9.91. The first-order valence-electron chi connectivity index (χ1n) is 11.4. The van der Waals surface area contributed by atoms with Crippen molar-refractivity contribution >= 4 is 5.97 Å². The van der Waals surface area contributed by atoms with Gasteiger partial charge >= 0.3 is 0 Å². The molecule has 2 aliphatic carbocycles. The summed E-state index contributed by atoms with van der Waals surface area (Å²) in [6, 6.07) is 1.22. The van der Waals surface area contributed by atoms with E-state index in [-0.39, 0.29) is 0 Å². The van der Waals surface area contributed by atoms with Gasteiger partial charge < -0.3 is 21.0 Å². The van der Waals surface area contributed by atoms with Crippen molar-refractivity contribution in [1.29, 1.82) is 0 Å². The van der Waals surface area contributed by atoms with Crippen molar-refractivity contribution in [2.75, 3.05) is 0 Å². The maximum absolute atomic E-state index is 10.2. The molecule has 0 heterocycles. The number of rotatable bonds is 10. The highest BCUT2D eigenvalue weighted by atomic mass is 16.4. The van der Waals surface area contributed by atoms with Crippen molar-refractivity contribution in [1.82, 2.24) is 0 Å². The van der Waals surface area contributed by atoms with Gasteiger partial charge in [0.15, 0.2) is 0 Å². The van der Waals surface area contributed by atoms with Gasteiger partial charge in [0.2, 0.25) is 0 Å². The summed E-state index contributed by atoms with van der Waals surface area (Å²) in [4.78, 5) is 10.2. The lowest BCUT2D eigenvalue weighted by molar-refractivity contribution is -0.725. The van der Waals surface area contributed by atoms with Crippen molar-refractivity contribution in [2.45, 2.75) is 134 Å². The Morgan fingerprint density at radius 3 is 1.81 bits per heavy atom. The molecule has 2 aliphatic rings. The third-order valence-electron chi connectivity index (χ3n) is 6.02. The van der Waals surface area contributed by atoms with E-state index in [1.807, 2.05) is 0 Å². The van der Waals surface area contributed by atoms with Crippen LogP contribution in [0.15, 0.2) is 0 Å². The normalized spacial score (nSPS) is 20.2. The molecule has 0 radical (unpaired) electrons. The molecule has 2 fully saturated rings. The highest BCUT2D eigenvalue weighted by molar-refractivity contribution is 5.70. The molecule has 0 spiro atoms. The molecular formula is C22H44N2O2. The second-order valence-electron chi connectivity index (χ2n) is 8.47. The number of carbonyl (C=O) groups excluding carboxylic acids is 1. The van der Waals surface area contributed by atoms with Gasteiger partial charge in [0.25, 0.3) is 0 Å². The second kappa shape index (κ2) is 15.4. The van der Waals surface area contributed by atoms with E-state index in [1.165, 1.54) is 89.9 Å². The number of nitrogens with two attached hydrogens (primary N) is 2. The minimum Gasteiger partial charge on any atom is -0.548 e. The summed E-state index contributed by atoms with van der Waals surface area (Å²) in [5.41, 5.74) is 5.30. The molecule has 4 nitrogen and oxygen atoms in total. The van der Waals surface area contributed by atoms with Crippen LogP contribution in [0.5, 0.6) is 0 Å². The van der Waals surface area contributed by atoms with Gasteiger partial charge in [-0.15, -0.1) is 0 Å². The largest absolute Gasteiger partial charge is 0.548 e. The van der Waals surface area contributed by atoms with Gasteiger partial charge in [-0.25, -0.2) is 0 Å². The van der Waals surface area contributed by atoms with E-state index in [0.717, 1.165) is 24.9 Å². The Morgan fingerprint density at radius 2 is 1.35 bits per heavy atom. The lowest BCUT2D eigenvalue weighted by Gasteiger charge is -2.27. The average Bonchev–Trinajstić information content (AvgIpc) is 2.66. The van der Waals surface area contributed by atoms with Crippen molar-refractivity contribution in [3.63, 3.8) is 0 Å². The summed E-state index contributed by atoms with van der Waals surface area (Å²) in [5.74, 6) is -1.13. The van der Waals surface area contributed by atoms with Gasteiger partial charge in [0.05, 0.1) is 18.1 Å². The maximum Gasteiger partial charge on any atom is 0.0861 e. The van der Waals surface area contributed by atoms with E-state index in [2.05, 4.69) is 12.2 Å². The first-order valence-corrected chi connectivity index (χ1v) is 11.4. The number of aliphatic carboxylic acids is 1. The molecule has 154 valence electrons. The van der Waals surface area contributed by atoms with Crippen molar-refractivity contribution in [3.05, 3.63) is 0 Å². The zero-order valence-electron chi connectivity index (χ0n) is 17.2. The Labute approximate surface area is 161 Å². The average molecular weight is 369 g/mol. The Hall–Kier alpha value is -0.610. The summed E-state index contributed by atoms with van der Waals surface area (Å²) in [6.07, 6.45) is 22.4. The molecule has 0 aromatic carbocycles. The smallest absolute Gasteiger partial charge is 0.0861 e. The van der Waals surface area contributed by atoms with Crippen LogP contribution in [0.2, 0.25) is 0 Å². The number of carboxylic acids is 1. The number of hydrogen-bond acceptors (Lipinski definition) is 3. The van der Waals surface area contributed by atoms with Crippen LogP contribution >= 0.6 is 0 Å². The van der Waals surface area contributed by atoms with Crippen LogP contribution in [0.3, 0.4) is 0 Å². The third kappa shape index (κ3) is 11.9. The van der Waals surface area contributed by atoms with E-state index < -0.39 is 12.0 Å². The van der Waals surface area contributed by atoms with Crippen LogP contribution in [0, 0.1) is 0 Å². The number of carbonyl (C=O) groups is 1. The molecular weight excluding hydrogens is 324 g/mol. The minimum absolute atomic E-state index is 0.550. The van der Waals surface area contributed by atoms with Crippen molar-refractivity contribution in [3.8, 4) is 0 Å². The predicted octanol–water partition coefficient (Wildman–Crippen LogP) is 3.03. The van der Waals surface area contributed by atoms with Gasteiger partial charge in [-0.3, -0.25) is 0 Å². The number of unbranched alkanes of at least 4 members (excludes halogenated alkanes) is 5. The monoisotopic (exact) mass is 368 g/mol. The Kier molecular flexibility index (Phi) is 13.9. The topological polar surface area (TPSA) is 82.8 Å². The standard InChI is InChI=1S/C12H23N.C10H21NO2/c1-3-7-11(8-4-1)13-12-9-5-2-6-10-12;1-2-3-4-5-6-7-8-9(11)10(12)13/h11-13H,1-10H2;9H,2-8,11H2,1H3,(H,12,13)/t;9-/m.0/s1. The minimum atomic E-state index is -1.13. The molecule has 0 aliphatic heterocycles. The Morgan fingerprint density at radius 1 is 0.885 bits per heavy atom. The van der Waals surface area contributed by atoms with Crippen LogP contribution in [0.1, 0.15) is 116 Å². The van der Waals surface area contributed by atoms with Gasteiger partial charge in [0.1, 0.15) is 0 Å². The first-order chi connectivity index (χ1) is 12.6.